The van der Waals surface area contributed by atoms with Gasteiger partial charge in [-0.1, -0.05) is 12.1 Å². The molecule has 27 heavy (non-hydrogen) atoms. The lowest BCUT2D eigenvalue weighted by atomic mass is 10.1. The number of hydrogen-bond donors (Lipinski definition) is 1. The molecule has 136 valence electrons. The number of nitrogens with zero attached hydrogens (tertiary/aromatic N) is 2. The Kier molecular flexibility index (Phi) is 4.45. The smallest absolute Gasteiger partial charge is 0.267 e. The van der Waals surface area contributed by atoms with E-state index in [-0.39, 0.29) is 11.7 Å². The van der Waals surface area contributed by atoms with Crippen LogP contribution >= 0.6 is 11.3 Å². The number of amides is 1. The summed E-state index contributed by atoms with van der Waals surface area (Å²) >= 11 is 1.34. The second-order valence-electron chi connectivity index (χ2n) is 6.19. The van der Waals surface area contributed by atoms with Crippen molar-refractivity contribution in [2.75, 3.05) is 5.32 Å². The zero-order valence-corrected chi connectivity index (χ0v) is 15.6. The van der Waals surface area contributed by atoms with Gasteiger partial charge >= 0.3 is 0 Å². The highest BCUT2D eigenvalue weighted by Crippen LogP contribution is 2.24. The van der Waals surface area contributed by atoms with E-state index in [4.69, 9.17) is 4.42 Å². The number of carbonyl (C=O) groups excluding carboxylic acids is 1. The monoisotopic (exact) mass is 381 g/mol. The Balaban J connectivity index is 1.52. The van der Waals surface area contributed by atoms with Crippen LogP contribution in [-0.4, -0.2) is 15.9 Å². The molecular weight excluding hydrogens is 365 g/mol. The van der Waals surface area contributed by atoms with E-state index in [1.807, 2.05) is 6.92 Å². The summed E-state index contributed by atoms with van der Waals surface area (Å²) in [5.74, 6) is 0.0977. The third-order valence-electron chi connectivity index (χ3n) is 4.07. The fraction of sp³-hybridized carbons (Fsp3) is 0.150. The van der Waals surface area contributed by atoms with E-state index in [2.05, 4.69) is 15.3 Å². The largest absolute Gasteiger partial charge is 0.441 e. The number of oxazole rings is 1. The Morgan fingerprint density at radius 2 is 1.93 bits per heavy atom. The Labute approximate surface area is 158 Å². The van der Waals surface area contributed by atoms with Crippen LogP contribution in [0.15, 0.2) is 46.9 Å². The number of aryl methyl sites for hydroxylation is 2. The molecule has 5 nitrogen and oxygen atoms in total. The molecule has 0 radical (unpaired) electrons. The van der Waals surface area contributed by atoms with Crippen molar-refractivity contribution in [3.63, 3.8) is 0 Å². The number of benzene rings is 2. The summed E-state index contributed by atoms with van der Waals surface area (Å²) in [5.41, 5.74) is 3.65. The number of carbonyl (C=O) groups is 1. The fourth-order valence-corrected chi connectivity index (χ4v) is 3.82. The van der Waals surface area contributed by atoms with Gasteiger partial charge in [0.05, 0.1) is 10.7 Å². The van der Waals surface area contributed by atoms with Crippen molar-refractivity contribution >= 4 is 34.0 Å². The van der Waals surface area contributed by atoms with Crippen LogP contribution in [0.25, 0.3) is 11.1 Å². The maximum absolute atomic E-state index is 13.0. The van der Waals surface area contributed by atoms with Gasteiger partial charge < -0.3 is 9.73 Å². The fourth-order valence-electron chi connectivity index (χ4n) is 2.82. The van der Waals surface area contributed by atoms with Gasteiger partial charge in [0.15, 0.2) is 11.5 Å². The lowest BCUT2D eigenvalue weighted by Gasteiger charge is -2.03. The number of anilines is 1. The summed E-state index contributed by atoms with van der Waals surface area (Å²) in [5, 5.41) is 3.70. The van der Waals surface area contributed by atoms with Gasteiger partial charge in [0.2, 0.25) is 0 Å². The first-order valence-corrected chi connectivity index (χ1v) is 9.19. The zero-order chi connectivity index (χ0) is 19.0. The molecule has 4 aromatic rings. The summed E-state index contributed by atoms with van der Waals surface area (Å²) in [6, 6.07) is 11.6. The SMILES string of the molecule is Cc1nc2cc(NC(=O)c3sc(Cc4ccc(F)cc4)nc3C)ccc2o1. The molecule has 0 atom stereocenters. The van der Waals surface area contributed by atoms with Crippen molar-refractivity contribution in [2.24, 2.45) is 0 Å². The predicted molar refractivity (Wildman–Crippen MR) is 103 cm³/mol. The van der Waals surface area contributed by atoms with E-state index in [0.29, 0.717) is 39.7 Å². The molecule has 0 aliphatic carbocycles. The van der Waals surface area contributed by atoms with Gasteiger partial charge in [-0.3, -0.25) is 4.79 Å². The molecule has 7 heteroatoms. The van der Waals surface area contributed by atoms with Crippen LogP contribution in [0.5, 0.6) is 0 Å². The molecule has 4 rings (SSSR count). The number of nitrogens with one attached hydrogen (secondary N) is 1. The number of fused-ring (bicyclic) bond motifs is 1. The van der Waals surface area contributed by atoms with Crippen molar-refractivity contribution in [3.8, 4) is 0 Å². The average molecular weight is 381 g/mol. The van der Waals surface area contributed by atoms with Crippen molar-refractivity contribution in [1.82, 2.24) is 9.97 Å². The lowest BCUT2D eigenvalue weighted by molar-refractivity contribution is 0.103. The molecule has 2 aromatic carbocycles. The third-order valence-corrected chi connectivity index (χ3v) is 5.22. The molecule has 2 aromatic heterocycles. The van der Waals surface area contributed by atoms with Crippen molar-refractivity contribution in [1.29, 1.82) is 0 Å². The molecule has 0 fully saturated rings. The minimum Gasteiger partial charge on any atom is -0.441 e. The molecule has 2 heterocycles. The first-order valence-electron chi connectivity index (χ1n) is 8.37. The van der Waals surface area contributed by atoms with Crippen LogP contribution in [0.4, 0.5) is 10.1 Å². The standard InChI is InChI=1S/C20H16FN3O2S/c1-11-19(27-18(22-11)9-13-3-5-14(21)6-4-13)20(25)24-15-7-8-17-16(10-15)23-12(2)26-17/h3-8,10H,9H2,1-2H3,(H,24,25). The lowest BCUT2D eigenvalue weighted by Crippen LogP contribution is -2.11. The Morgan fingerprint density at radius 1 is 1.15 bits per heavy atom. The predicted octanol–water partition coefficient (Wildman–Crippen LogP) is 4.88. The van der Waals surface area contributed by atoms with E-state index in [9.17, 15) is 9.18 Å². The molecular formula is C20H16FN3O2S. The molecule has 0 aliphatic heterocycles. The molecule has 0 aliphatic rings. The van der Waals surface area contributed by atoms with Crippen LogP contribution in [0, 0.1) is 19.7 Å². The van der Waals surface area contributed by atoms with Crippen molar-refractivity contribution < 1.29 is 13.6 Å². The number of hydrogen-bond acceptors (Lipinski definition) is 5. The van der Waals surface area contributed by atoms with Gasteiger partial charge in [-0.25, -0.2) is 14.4 Å². The number of rotatable bonds is 4. The van der Waals surface area contributed by atoms with Gasteiger partial charge in [0, 0.05) is 19.0 Å². The first kappa shape index (κ1) is 17.4. The van der Waals surface area contributed by atoms with Gasteiger partial charge in [0.1, 0.15) is 16.2 Å². The molecule has 1 amide bonds. The van der Waals surface area contributed by atoms with Crippen LogP contribution in [0.1, 0.15) is 31.8 Å². The Bertz CT molecular complexity index is 1130. The van der Waals surface area contributed by atoms with Crippen LogP contribution in [0.2, 0.25) is 0 Å². The minimum atomic E-state index is -0.270. The molecule has 1 N–H and O–H groups in total. The van der Waals surface area contributed by atoms with E-state index in [1.54, 1.807) is 37.3 Å². The van der Waals surface area contributed by atoms with E-state index >= 15 is 0 Å². The summed E-state index contributed by atoms with van der Waals surface area (Å²) in [7, 11) is 0. The number of aromatic nitrogens is 2. The average Bonchev–Trinajstić information content (AvgIpc) is 3.18. The summed E-state index contributed by atoms with van der Waals surface area (Å²) < 4.78 is 18.5. The van der Waals surface area contributed by atoms with E-state index in [1.165, 1.54) is 23.5 Å². The van der Waals surface area contributed by atoms with Gasteiger partial charge in [0.25, 0.3) is 5.91 Å². The van der Waals surface area contributed by atoms with Crippen LogP contribution in [-0.2, 0) is 6.42 Å². The van der Waals surface area contributed by atoms with Crippen molar-refractivity contribution in [2.45, 2.75) is 20.3 Å². The van der Waals surface area contributed by atoms with Gasteiger partial charge in [-0.05, 0) is 42.8 Å². The first-order chi connectivity index (χ1) is 13.0. The van der Waals surface area contributed by atoms with Crippen LogP contribution < -0.4 is 5.32 Å². The Morgan fingerprint density at radius 3 is 2.70 bits per heavy atom. The van der Waals surface area contributed by atoms with E-state index < -0.39 is 0 Å². The van der Waals surface area contributed by atoms with Gasteiger partial charge in [-0.2, -0.15) is 0 Å². The molecule has 0 saturated carbocycles. The highest BCUT2D eigenvalue weighted by molar-refractivity contribution is 7.14. The number of thiazole rings is 1. The number of halogens is 1. The molecule has 0 bridgehead atoms. The van der Waals surface area contributed by atoms with E-state index in [0.717, 1.165) is 10.6 Å². The normalized spacial score (nSPS) is 11.1. The van der Waals surface area contributed by atoms with Crippen LogP contribution in [0.3, 0.4) is 0 Å². The second kappa shape index (κ2) is 6.92. The minimum absolute atomic E-state index is 0.213. The maximum atomic E-state index is 13.0. The molecule has 0 saturated heterocycles. The summed E-state index contributed by atoms with van der Waals surface area (Å²) in [6.45, 7) is 3.59. The highest BCUT2D eigenvalue weighted by Gasteiger charge is 2.16. The van der Waals surface area contributed by atoms with Gasteiger partial charge in [-0.15, -0.1) is 11.3 Å². The zero-order valence-electron chi connectivity index (χ0n) is 14.7. The molecule has 0 spiro atoms. The topological polar surface area (TPSA) is 68.0 Å². The highest BCUT2D eigenvalue weighted by atomic mass is 32.1. The third kappa shape index (κ3) is 3.73. The summed E-state index contributed by atoms with van der Waals surface area (Å²) in [4.78, 5) is 22.0. The Hall–Kier alpha value is -3.06. The summed E-state index contributed by atoms with van der Waals surface area (Å²) in [6.07, 6.45) is 0.559. The second-order valence-corrected chi connectivity index (χ2v) is 7.28. The molecule has 0 unspecified atom stereocenters. The van der Waals surface area contributed by atoms with Crippen molar-refractivity contribution in [3.05, 3.63) is 75.3 Å². The quantitative estimate of drug-likeness (QED) is 0.547. The maximum Gasteiger partial charge on any atom is 0.267 e.